The summed E-state index contributed by atoms with van der Waals surface area (Å²) in [4.78, 5) is 14.3. The smallest absolute Gasteiger partial charge is 0.274 e. The summed E-state index contributed by atoms with van der Waals surface area (Å²) in [5.41, 5.74) is 1.38. The molecule has 0 spiro atoms. The minimum Gasteiger partial charge on any atom is -0.336 e. The van der Waals surface area contributed by atoms with E-state index in [2.05, 4.69) is 11.6 Å². The first-order chi connectivity index (χ1) is 9.87. The molecule has 1 amide bonds. The van der Waals surface area contributed by atoms with Gasteiger partial charge in [-0.1, -0.05) is 12.1 Å². The summed E-state index contributed by atoms with van der Waals surface area (Å²) in [6.45, 7) is 2.99. The Morgan fingerprint density at radius 1 is 1.33 bits per heavy atom. The zero-order valence-electron chi connectivity index (χ0n) is 12.1. The van der Waals surface area contributed by atoms with Crippen LogP contribution in [0.2, 0.25) is 0 Å². The van der Waals surface area contributed by atoms with E-state index < -0.39 is 10.2 Å². The molecule has 116 valence electrons. The molecule has 0 unspecified atom stereocenters. The molecule has 0 bridgehead atoms. The van der Waals surface area contributed by atoms with Crippen LogP contribution in [0.4, 0.5) is 0 Å². The molecule has 1 aromatic rings. The third-order valence-electron chi connectivity index (χ3n) is 3.74. The van der Waals surface area contributed by atoms with Gasteiger partial charge in [-0.2, -0.15) is 13.1 Å². The van der Waals surface area contributed by atoms with E-state index in [0.29, 0.717) is 5.56 Å². The molecule has 6 nitrogen and oxygen atoms in total. The van der Waals surface area contributed by atoms with Crippen LogP contribution in [0.5, 0.6) is 0 Å². The van der Waals surface area contributed by atoms with Crippen molar-refractivity contribution in [2.24, 2.45) is 5.14 Å². The number of hydrogen-bond acceptors (Lipinski definition) is 3. The normalized spacial score (nSPS) is 19.5. The van der Waals surface area contributed by atoms with Crippen molar-refractivity contribution < 1.29 is 13.2 Å². The van der Waals surface area contributed by atoms with Crippen LogP contribution in [-0.2, 0) is 16.8 Å². The van der Waals surface area contributed by atoms with Gasteiger partial charge in [-0.15, -0.1) is 0 Å². The van der Waals surface area contributed by atoms with E-state index in [-0.39, 0.29) is 18.5 Å². The third kappa shape index (κ3) is 4.52. The minimum absolute atomic E-state index is 0.0353. The van der Waals surface area contributed by atoms with E-state index in [1.54, 1.807) is 24.3 Å². The van der Waals surface area contributed by atoms with Gasteiger partial charge in [0.1, 0.15) is 0 Å². The number of likely N-dealkylation sites (tertiary alicyclic amines) is 1. The number of rotatable bonds is 4. The Balaban J connectivity index is 2.02. The molecule has 0 aromatic heterocycles. The first-order valence-corrected chi connectivity index (χ1v) is 8.59. The number of nitrogens with one attached hydrogen (secondary N) is 1. The predicted molar refractivity (Wildman–Crippen MR) is 80.7 cm³/mol. The molecule has 0 radical (unpaired) electrons. The van der Waals surface area contributed by atoms with Crippen LogP contribution in [0, 0.1) is 0 Å². The van der Waals surface area contributed by atoms with Crippen molar-refractivity contribution in [2.75, 3.05) is 6.54 Å². The number of piperidine rings is 1. The lowest BCUT2D eigenvalue weighted by Gasteiger charge is -2.33. The fourth-order valence-corrected chi connectivity index (χ4v) is 2.88. The van der Waals surface area contributed by atoms with E-state index in [0.717, 1.165) is 24.9 Å². The topological polar surface area (TPSA) is 92.5 Å². The highest BCUT2D eigenvalue weighted by Gasteiger charge is 2.23. The van der Waals surface area contributed by atoms with Crippen molar-refractivity contribution in [1.82, 2.24) is 9.62 Å². The number of amides is 1. The molecule has 1 saturated heterocycles. The van der Waals surface area contributed by atoms with Crippen LogP contribution in [0.25, 0.3) is 0 Å². The van der Waals surface area contributed by atoms with Crippen LogP contribution in [0.1, 0.15) is 42.1 Å². The Kier molecular flexibility index (Phi) is 4.97. The van der Waals surface area contributed by atoms with Crippen molar-refractivity contribution in [2.45, 2.75) is 38.8 Å². The average Bonchev–Trinajstić information content (AvgIpc) is 2.45. The Bertz CT molecular complexity index is 598. The van der Waals surface area contributed by atoms with Crippen LogP contribution in [-0.4, -0.2) is 31.8 Å². The molecule has 1 fully saturated rings. The molecule has 1 aliphatic heterocycles. The minimum atomic E-state index is -3.70. The van der Waals surface area contributed by atoms with Crippen LogP contribution < -0.4 is 9.86 Å². The molecule has 1 atom stereocenters. The highest BCUT2D eigenvalue weighted by atomic mass is 32.2. The zero-order valence-corrected chi connectivity index (χ0v) is 12.9. The summed E-state index contributed by atoms with van der Waals surface area (Å²) in [6, 6.07) is 7.20. The van der Waals surface area contributed by atoms with Crippen LogP contribution in [0.15, 0.2) is 24.3 Å². The quantitative estimate of drug-likeness (QED) is 0.868. The number of carbonyl (C=O) groups is 1. The molecule has 1 aliphatic rings. The Hall–Kier alpha value is -1.44. The lowest BCUT2D eigenvalue weighted by Crippen LogP contribution is -2.42. The Morgan fingerprint density at radius 3 is 2.57 bits per heavy atom. The van der Waals surface area contributed by atoms with Crippen molar-refractivity contribution in [3.05, 3.63) is 35.4 Å². The maximum absolute atomic E-state index is 12.4. The maximum Gasteiger partial charge on any atom is 0.274 e. The molecule has 21 heavy (non-hydrogen) atoms. The van der Waals surface area contributed by atoms with Gasteiger partial charge in [0.25, 0.3) is 16.1 Å². The summed E-state index contributed by atoms with van der Waals surface area (Å²) in [6.07, 6.45) is 3.26. The number of benzene rings is 1. The van der Waals surface area contributed by atoms with Crippen LogP contribution in [0.3, 0.4) is 0 Å². The van der Waals surface area contributed by atoms with E-state index in [1.807, 2.05) is 4.90 Å². The van der Waals surface area contributed by atoms with Gasteiger partial charge in [0.15, 0.2) is 0 Å². The standard InChI is InChI=1S/C14H21N3O3S/c1-11-4-2-3-9-17(11)14(18)13-7-5-12(6-8-13)10-16-21(15,19)20/h5-8,11,16H,2-4,9-10H2,1H3,(H2,15,19,20)/t11-/m0/s1. The molecule has 0 saturated carbocycles. The second kappa shape index (κ2) is 6.55. The van der Waals surface area contributed by atoms with Crippen molar-refractivity contribution >= 4 is 16.1 Å². The van der Waals surface area contributed by atoms with Gasteiger partial charge in [0.2, 0.25) is 0 Å². The van der Waals surface area contributed by atoms with Crippen LogP contribution >= 0.6 is 0 Å². The monoisotopic (exact) mass is 311 g/mol. The summed E-state index contributed by atoms with van der Waals surface area (Å²) in [7, 11) is -3.70. The summed E-state index contributed by atoms with van der Waals surface area (Å²) < 4.78 is 23.9. The molecule has 0 aliphatic carbocycles. The molecular weight excluding hydrogens is 290 g/mol. The number of carbonyl (C=O) groups excluding carboxylic acids is 1. The highest BCUT2D eigenvalue weighted by molar-refractivity contribution is 7.87. The number of nitrogens with two attached hydrogens (primary N) is 1. The lowest BCUT2D eigenvalue weighted by atomic mass is 10.0. The molecule has 1 aromatic carbocycles. The Morgan fingerprint density at radius 2 is 2.00 bits per heavy atom. The third-order valence-corrected chi connectivity index (χ3v) is 4.29. The van der Waals surface area contributed by atoms with Gasteiger partial charge in [-0.05, 0) is 43.9 Å². The lowest BCUT2D eigenvalue weighted by molar-refractivity contribution is 0.0635. The summed E-state index contributed by atoms with van der Waals surface area (Å²) >= 11 is 0. The first-order valence-electron chi connectivity index (χ1n) is 7.04. The van der Waals surface area contributed by atoms with Crippen molar-refractivity contribution in [1.29, 1.82) is 0 Å². The number of hydrogen-bond donors (Lipinski definition) is 2. The largest absolute Gasteiger partial charge is 0.336 e. The summed E-state index contributed by atoms with van der Waals surface area (Å²) in [5, 5.41) is 4.87. The molecule has 7 heteroatoms. The zero-order chi connectivity index (χ0) is 15.5. The van der Waals surface area contributed by atoms with Gasteiger partial charge >= 0.3 is 0 Å². The van der Waals surface area contributed by atoms with Gasteiger partial charge in [0, 0.05) is 24.7 Å². The van der Waals surface area contributed by atoms with E-state index in [1.165, 1.54) is 6.42 Å². The second-order valence-corrected chi connectivity index (χ2v) is 6.79. The van der Waals surface area contributed by atoms with E-state index in [9.17, 15) is 13.2 Å². The number of nitrogens with zero attached hydrogens (tertiary/aromatic N) is 1. The molecular formula is C14H21N3O3S. The van der Waals surface area contributed by atoms with Crippen molar-refractivity contribution in [3.63, 3.8) is 0 Å². The fraction of sp³-hybridized carbons (Fsp3) is 0.500. The maximum atomic E-state index is 12.4. The summed E-state index contributed by atoms with van der Waals surface area (Å²) in [5.74, 6) is 0.0353. The van der Waals surface area contributed by atoms with Gasteiger partial charge < -0.3 is 4.90 Å². The predicted octanol–water partition coefficient (Wildman–Crippen LogP) is 0.994. The molecule has 3 N–H and O–H groups in total. The van der Waals surface area contributed by atoms with Gasteiger partial charge in [-0.25, -0.2) is 5.14 Å². The highest BCUT2D eigenvalue weighted by Crippen LogP contribution is 2.19. The second-order valence-electron chi connectivity index (χ2n) is 5.41. The van der Waals surface area contributed by atoms with E-state index in [4.69, 9.17) is 5.14 Å². The van der Waals surface area contributed by atoms with E-state index >= 15 is 0 Å². The molecule has 2 rings (SSSR count). The Labute approximate surface area is 125 Å². The SMILES string of the molecule is C[C@H]1CCCCN1C(=O)c1ccc(CNS(N)(=O)=O)cc1. The first kappa shape index (κ1) is 15.9. The van der Waals surface area contributed by atoms with Gasteiger partial charge in [-0.3, -0.25) is 4.79 Å². The molecule has 1 heterocycles. The van der Waals surface area contributed by atoms with Gasteiger partial charge in [0.05, 0.1) is 0 Å². The van der Waals surface area contributed by atoms with Crippen molar-refractivity contribution in [3.8, 4) is 0 Å². The fourth-order valence-electron chi connectivity index (χ4n) is 2.51. The average molecular weight is 311 g/mol.